The fraction of sp³-hybridized carbons (Fsp3) is 0.105. The summed E-state index contributed by atoms with van der Waals surface area (Å²) >= 11 is 0. The summed E-state index contributed by atoms with van der Waals surface area (Å²) in [5.74, 6) is 0.296. The van der Waals surface area contributed by atoms with Crippen LogP contribution in [0.15, 0.2) is 255 Å². The minimum Gasteiger partial charge on any atom is -0.378 e. The predicted octanol–water partition coefficient (Wildman–Crippen LogP) is 18.8. The molecule has 4 heteroatoms. The number of anilines is 3. The molecule has 5 aliphatic rings. The van der Waals surface area contributed by atoms with Crippen LogP contribution < -0.4 is 10.2 Å². The Hall–Kier alpha value is -9.64. The highest BCUT2D eigenvalue weighted by Gasteiger charge is 2.38. The van der Waals surface area contributed by atoms with Crippen LogP contribution in [-0.4, -0.2) is 21.2 Å². The molecule has 0 saturated carbocycles. The van der Waals surface area contributed by atoms with Gasteiger partial charge in [0.15, 0.2) is 0 Å². The first-order valence-electron chi connectivity index (χ1n) is 28.7. The SMILES string of the molecule is C1=CCC(Nc2ccc(-c3ccc4c(c3)c3ccccc3n4-c3ccccc3)cc2-c2cc3c4c(c2)CCc2c-4c(cc4c5cc(-c6ccc7c(c6)C6C=CC=CC6N7c6ccccc6)ccc5n(-c5ccccc5)c24)CC3)C=C1. The Morgan fingerprint density at radius 1 is 0.400 bits per heavy atom. The van der Waals surface area contributed by atoms with Crippen molar-refractivity contribution in [3.05, 3.63) is 283 Å². The number of para-hydroxylation sites is 4. The van der Waals surface area contributed by atoms with E-state index in [1.807, 2.05) is 0 Å². The number of nitrogens with zero attached hydrogens (tertiary/aromatic N) is 3. The number of aromatic nitrogens is 2. The Balaban J connectivity index is 0.795. The zero-order valence-electron chi connectivity index (χ0n) is 44.4. The van der Waals surface area contributed by atoms with Gasteiger partial charge in [-0.05, 0) is 196 Å². The molecule has 0 amide bonds. The Kier molecular flexibility index (Phi) is 10.2. The van der Waals surface area contributed by atoms with E-state index in [0.29, 0.717) is 5.92 Å². The van der Waals surface area contributed by atoms with Crippen LogP contribution in [0.3, 0.4) is 0 Å². The van der Waals surface area contributed by atoms with Crippen LogP contribution in [0.1, 0.15) is 40.2 Å². The van der Waals surface area contributed by atoms with Crippen molar-refractivity contribution in [1.29, 1.82) is 0 Å². The second-order valence-corrected chi connectivity index (χ2v) is 22.6. The van der Waals surface area contributed by atoms with E-state index in [1.165, 1.54) is 144 Å². The first kappa shape index (κ1) is 45.4. The lowest BCUT2D eigenvalue weighted by molar-refractivity contribution is 0.745. The third-order valence-electron chi connectivity index (χ3n) is 18.2. The number of fused-ring (bicyclic) bond motifs is 10. The van der Waals surface area contributed by atoms with Crippen molar-refractivity contribution in [1.82, 2.24) is 9.13 Å². The molecule has 3 unspecified atom stereocenters. The van der Waals surface area contributed by atoms with Gasteiger partial charge in [-0.25, -0.2) is 0 Å². The molecule has 3 heterocycles. The number of allylic oxidation sites excluding steroid dienone is 4. The molecule has 0 spiro atoms. The maximum Gasteiger partial charge on any atom is 0.0629 e. The Bertz CT molecular complexity index is 4640. The maximum absolute atomic E-state index is 3.99. The molecule has 0 bridgehead atoms. The largest absolute Gasteiger partial charge is 0.378 e. The van der Waals surface area contributed by atoms with Crippen molar-refractivity contribution in [2.45, 2.75) is 50.1 Å². The molecule has 1 aliphatic heterocycles. The molecule has 80 heavy (non-hydrogen) atoms. The number of aryl methyl sites for hydroxylation is 4. The first-order chi connectivity index (χ1) is 39.7. The third kappa shape index (κ3) is 7.01. The van der Waals surface area contributed by atoms with Crippen LogP contribution in [0.4, 0.5) is 17.1 Å². The van der Waals surface area contributed by atoms with Gasteiger partial charge >= 0.3 is 0 Å². The van der Waals surface area contributed by atoms with E-state index in [0.717, 1.165) is 32.1 Å². The van der Waals surface area contributed by atoms with Crippen LogP contribution in [0, 0.1) is 0 Å². The van der Waals surface area contributed by atoms with E-state index in [9.17, 15) is 0 Å². The summed E-state index contributed by atoms with van der Waals surface area (Å²) in [6.07, 6.45) is 23.1. The molecule has 10 aromatic carbocycles. The molecule has 4 aliphatic carbocycles. The van der Waals surface area contributed by atoms with Crippen LogP contribution in [0.5, 0.6) is 0 Å². The monoisotopic (exact) mass is 1020 g/mol. The molecule has 0 fully saturated rings. The lowest BCUT2D eigenvalue weighted by Crippen LogP contribution is -2.28. The van der Waals surface area contributed by atoms with Crippen LogP contribution >= 0.6 is 0 Å². The molecule has 3 atom stereocenters. The minimum atomic E-state index is 0.226. The van der Waals surface area contributed by atoms with E-state index < -0.39 is 0 Å². The van der Waals surface area contributed by atoms with Gasteiger partial charge in [0.25, 0.3) is 0 Å². The molecule has 1 N–H and O–H groups in total. The summed E-state index contributed by atoms with van der Waals surface area (Å²) in [4.78, 5) is 2.52. The zero-order valence-corrected chi connectivity index (χ0v) is 44.4. The first-order valence-corrected chi connectivity index (χ1v) is 28.7. The van der Waals surface area contributed by atoms with E-state index in [-0.39, 0.29) is 12.1 Å². The average molecular weight is 1030 g/mol. The van der Waals surface area contributed by atoms with Gasteiger partial charge < -0.3 is 19.4 Å². The average Bonchev–Trinajstić information content (AvgIpc) is 4.31. The summed E-state index contributed by atoms with van der Waals surface area (Å²) in [5, 5.41) is 9.21. The van der Waals surface area contributed by atoms with Crippen LogP contribution in [0.25, 0.3) is 99.5 Å². The lowest BCUT2D eigenvalue weighted by Gasteiger charge is -2.31. The summed E-state index contributed by atoms with van der Waals surface area (Å²) < 4.78 is 4.98. The fourth-order valence-corrected chi connectivity index (χ4v) is 14.7. The minimum absolute atomic E-state index is 0.226. The van der Waals surface area contributed by atoms with Crippen LogP contribution in [-0.2, 0) is 25.7 Å². The normalized spacial score (nSPS) is 17.4. The van der Waals surface area contributed by atoms with E-state index >= 15 is 0 Å². The van der Waals surface area contributed by atoms with Gasteiger partial charge in [0, 0.05) is 67.5 Å². The molecule has 4 nitrogen and oxygen atoms in total. The summed E-state index contributed by atoms with van der Waals surface area (Å²) in [7, 11) is 0. The molecular formula is C76H56N4. The van der Waals surface area contributed by atoms with E-state index in [1.54, 1.807) is 0 Å². The van der Waals surface area contributed by atoms with Crippen LogP contribution in [0.2, 0.25) is 0 Å². The summed E-state index contributed by atoms with van der Waals surface area (Å²) in [6.45, 7) is 0. The quantitative estimate of drug-likeness (QED) is 0.164. The van der Waals surface area contributed by atoms with Crippen molar-refractivity contribution >= 4 is 60.7 Å². The molecule has 0 saturated heterocycles. The number of nitrogens with one attached hydrogen (secondary N) is 1. The summed E-state index contributed by atoms with van der Waals surface area (Å²) in [6, 6.07) is 78.3. The Morgan fingerprint density at radius 3 is 1.74 bits per heavy atom. The van der Waals surface area contributed by atoms with Crippen molar-refractivity contribution in [2.75, 3.05) is 10.2 Å². The number of hydrogen-bond acceptors (Lipinski definition) is 2. The number of hydrogen-bond donors (Lipinski definition) is 1. The molecule has 0 radical (unpaired) electrons. The van der Waals surface area contributed by atoms with Gasteiger partial charge in [-0.15, -0.1) is 0 Å². The fourth-order valence-electron chi connectivity index (χ4n) is 14.7. The standard InChI is InChI=1S/C76H56N4/c1-5-17-56(18-6-1)77-68-37-32-48(49-33-38-71-64(44-49)60-25-13-15-27-69(60)78(71)57-19-7-2-8-20-57)43-63(68)55-41-52-29-30-54-47-67-66-46-51(50-34-39-72-65(45-50)61-26-14-16-28-70(61)79(72)58-21-9-3-10-22-58)35-40-73(66)80(59-23-11-4-12-24-59)76(67)62-36-31-53(42-55)74(52)75(54)62/h1-17,19-28,32-35,37-47,56,61,70,77H,18,29-31,36H2. The Labute approximate surface area is 466 Å². The predicted molar refractivity (Wildman–Crippen MR) is 335 cm³/mol. The third-order valence-corrected chi connectivity index (χ3v) is 18.2. The smallest absolute Gasteiger partial charge is 0.0629 e. The molecule has 12 aromatic rings. The number of benzene rings is 10. The van der Waals surface area contributed by atoms with Gasteiger partial charge in [0.05, 0.1) is 28.1 Å². The van der Waals surface area contributed by atoms with Gasteiger partial charge in [-0.2, -0.15) is 0 Å². The highest BCUT2D eigenvalue weighted by atomic mass is 15.2. The van der Waals surface area contributed by atoms with Gasteiger partial charge in [0.2, 0.25) is 0 Å². The zero-order chi connectivity index (χ0) is 52.4. The van der Waals surface area contributed by atoms with E-state index in [4.69, 9.17) is 0 Å². The van der Waals surface area contributed by atoms with Gasteiger partial charge in [-0.1, -0.05) is 158 Å². The number of rotatable bonds is 8. The van der Waals surface area contributed by atoms with Gasteiger partial charge in [0.1, 0.15) is 0 Å². The lowest BCUT2D eigenvalue weighted by atomic mass is 9.73. The maximum atomic E-state index is 3.99. The molecule has 2 aromatic heterocycles. The second-order valence-electron chi connectivity index (χ2n) is 22.6. The van der Waals surface area contributed by atoms with Gasteiger partial charge in [-0.3, -0.25) is 0 Å². The topological polar surface area (TPSA) is 25.1 Å². The van der Waals surface area contributed by atoms with Crippen molar-refractivity contribution in [2.24, 2.45) is 0 Å². The highest BCUT2D eigenvalue weighted by Crippen LogP contribution is 2.52. The molecule has 17 rings (SSSR count). The second kappa shape index (κ2) is 18.0. The molecule has 380 valence electrons. The summed E-state index contributed by atoms with van der Waals surface area (Å²) in [5.41, 5.74) is 28.9. The Morgan fingerprint density at radius 2 is 0.988 bits per heavy atom. The van der Waals surface area contributed by atoms with Crippen molar-refractivity contribution in [3.8, 4) is 55.9 Å². The highest BCUT2D eigenvalue weighted by molar-refractivity contribution is 6.14. The molecular weight excluding hydrogens is 969 g/mol. The van der Waals surface area contributed by atoms with Crippen molar-refractivity contribution in [3.63, 3.8) is 0 Å². The van der Waals surface area contributed by atoms with E-state index in [2.05, 4.69) is 274 Å². The van der Waals surface area contributed by atoms with Crippen molar-refractivity contribution < 1.29 is 0 Å².